The third kappa shape index (κ3) is 2.39. The maximum atomic E-state index is 12.3. The minimum atomic E-state index is 0.272. The standard InChI is InChI=1S/C16H22N2O/c1-11-6-12(2)16-14(7-11)8-15(19)18(16)10-13-4-3-5-17-9-13/h6-7,13,17H,3-5,8-10H2,1-2H3. The summed E-state index contributed by atoms with van der Waals surface area (Å²) >= 11 is 0. The first-order valence-electron chi connectivity index (χ1n) is 7.26. The fraction of sp³-hybridized carbons (Fsp3) is 0.562. The summed E-state index contributed by atoms with van der Waals surface area (Å²) in [5.41, 5.74) is 4.89. The molecular formula is C16H22N2O. The van der Waals surface area contributed by atoms with Gasteiger partial charge < -0.3 is 10.2 Å². The van der Waals surface area contributed by atoms with Crippen LogP contribution in [-0.2, 0) is 11.2 Å². The van der Waals surface area contributed by atoms with Crippen molar-refractivity contribution < 1.29 is 4.79 Å². The van der Waals surface area contributed by atoms with E-state index < -0.39 is 0 Å². The first-order valence-corrected chi connectivity index (χ1v) is 7.26. The van der Waals surface area contributed by atoms with E-state index in [1.54, 1.807) is 0 Å². The zero-order chi connectivity index (χ0) is 13.4. The number of carbonyl (C=O) groups is 1. The van der Waals surface area contributed by atoms with E-state index in [2.05, 4.69) is 31.3 Å². The third-order valence-electron chi connectivity index (χ3n) is 4.28. The first-order chi connectivity index (χ1) is 9.15. The molecule has 2 heterocycles. The van der Waals surface area contributed by atoms with Crippen LogP contribution in [0.2, 0.25) is 0 Å². The number of amides is 1. The molecule has 3 nitrogen and oxygen atoms in total. The smallest absolute Gasteiger partial charge is 0.231 e. The van der Waals surface area contributed by atoms with Gasteiger partial charge in [0.1, 0.15) is 0 Å². The van der Waals surface area contributed by atoms with Crippen molar-refractivity contribution in [1.82, 2.24) is 5.32 Å². The topological polar surface area (TPSA) is 32.3 Å². The lowest BCUT2D eigenvalue weighted by atomic mass is 9.98. The number of carbonyl (C=O) groups excluding carboxylic acids is 1. The Balaban J connectivity index is 1.85. The number of rotatable bonds is 2. The Hall–Kier alpha value is -1.35. The molecule has 0 spiro atoms. The maximum absolute atomic E-state index is 12.3. The zero-order valence-corrected chi connectivity index (χ0v) is 11.8. The second-order valence-electron chi connectivity index (χ2n) is 5.98. The third-order valence-corrected chi connectivity index (χ3v) is 4.28. The molecule has 0 aliphatic carbocycles. The molecule has 3 rings (SSSR count). The van der Waals surface area contributed by atoms with Crippen molar-refractivity contribution in [2.75, 3.05) is 24.5 Å². The van der Waals surface area contributed by atoms with Crippen LogP contribution in [0.15, 0.2) is 12.1 Å². The highest BCUT2D eigenvalue weighted by Gasteiger charge is 2.31. The highest BCUT2D eigenvalue weighted by molar-refractivity contribution is 6.02. The van der Waals surface area contributed by atoms with Gasteiger partial charge in [0, 0.05) is 6.54 Å². The SMILES string of the molecule is Cc1cc(C)c2c(c1)CC(=O)N2CC1CCCNC1. The minimum Gasteiger partial charge on any atom is -0.316 e. The highest BCUT2D eigenvalue weighted by Crippen LogP contribution is 2.34. The van der Waals surface area contributed by atoms with E-state index in [1.165, 1.54) is 35.2 Å². The molecule has 1 fully saturated rings. The molecule has 1 saturated heterocycles. The van der Waals surface area contributed by atoms with Gasteiger partial charge >= 0.3 is 0 Å². The number of hydrogen-bond acceptors (Lipinski definition) is 2. The lowest BCUT2D eigenvalue weighted by molar-refractivity contribution is -0.117. The Labute approximate surface area is 115 Å². The summed E-state index contributed by atoms with van der Waals surface area (Å²) < 4.78 is 0. The molecule has 0 radical (unpaired) electrons. The largest absolute Gasteiger partial charge is 0.316 e. The molecule has 0 bridgehead atoms. The summed E-state index contributed by atoms with van der Waals surface area (Å²) in [5, 5.41) is 3.43. The number of aryl methyl sites for hydroxylation is 2. The molecule has 1 unspecified atom stereocenters. The van der Waals surface area contributed by atoms with Gasteiger partial charge in [0.2, 0.25) is 5.91 Å². The molecule has 0 aromatic heterocycles. The van der Waals surface area contributed by atoms with Gasteiger partial charge in [-0.3, -0.25) is 4.79 Å². The number of nitrogens with zero attached hydrogens (tertiary/aromatic N) is 1. The van der Waals surface area contributed by atoms with Crippen molar-refractivity contribution in [1.29, 1.82) is 0 Å². The van der Waals surface area contributed by atoms with Crippen LogP contribution < -0.4 is 10.2 Å². The molecule has 1 aromatic carbocycles. The monoisotopic (exact) mass is 258 g/mol. The molecule has 102 valence electrons. The van der Waals surface area contributed by atoms with Gasteiger partial charge in [-0.1, -0.05) is 17.7 Å². The van der Waals surface area contributed by atoms with Crippen LogP contribution in [0, 0.1) is 19.8 Å². The number of hydrogen-bond donors (Lipinski definition) is 1. The number of anilines is 1. The second-order valence-corrected chi connectivity index (χ2v) is 5.98. The van der Waals surface area contributed by atoms with Crippen molar-refractivity contribution >= 4 is 11.6 Å². The molecule has 2 aliphatic heterocycles. The molecule has 1 N–H and O–H groups in total. The van der Waals surface area contributed by atoms with Gasteiger partial charge in [-0.05, 0) is 56.8 Å². The molecule has 19 heavy (non-hydrogen) atoms. The highest BCUT2D eigenvalue weighted by atomic mass is 16.2. The lowest BCUT2D eigenvalue weighted by Crippen LogP contribution is -2.39. The van der Waals surface area contributed by atoms with Crippen molar-refractivity contribution in [3.63, 3.8) is 0 Å². The average molecular weight is 258 g/mol. The average Bonchev–Trinajstić information content (AvgIpc) is 2.67. The number of piperidine rings is 1. The summed E-state index contributed by atoms with van der Waals surface area (Å²) in [5.74, 6) is 0.874. The van der Waals surface area contributed by atoms with Gasteiger partial charge in [0.05, 0.1) is 12.1 Å². The van der Waals surface area contributed by atoms with Crippen molar-refractivity contribution in [3.05, 3.63) is 28.8 Å². The van der Waals surface area contributed by atoms with Gasteiger partial charge in [0.15, 0.2) is 0 Å². The molecule has 1 aromatic rings. The van der Waals surface area contributed by atoms with Crippen LogP contribution in [-0.4, -0.2) is 25.5 Å². The quantitative estimate of drug-likeness (QED) is 0.882. The van der Waals surface area contributed by atoms with Crippen molar-refractivity contribution in [2.24, 2.45) is 5.92 Å². The summed E-state index contributed by atoms with van der Waals surface area (Å²) in [6.07, 6.45) is 3.04. The van der Waals surface area contributed by atoms with Crippen LogP contribution in [0.3, 0.4) is 0 Å². The predicted molar refractivity (Wildman–Crippen MR) is 77.6 cm³/mol. The first kappa shape index (κ1) is 12.7. The van der Waals surface area contributed by atoms with Gasteiger partial charge in [-0.25, -0.2) is 0 Å². The van der Waals surface area contributed by atoms with E-state index in [0.717, 1.165) is 19.6 Å². The lowest BCUT2D eigenvalue weighted by Gasteiger charge is -2.28. The number of benzene rings is 1. The normalized spacial score (nSPS) is 22.7. The Morgan fingerprint density at radius 2 is 2.21 bits per heavy atom. The molecule has 2 aliphatic rings. The van der Waals surface area contributed by atoms with Gasteiger partial charge in [-0.2, -0.15) is 0 Å². The van der Waals surface area contributed by atoms with Gasteiger partial charge in [0.25, 0.3) is 0 Å². The van der Waals surface area contributed by atoms with Crippen molar-refractivity contribution in [2.45, 2.75) is 33.1 Å². The molecule has 1 atom stereocenters. The van der Waals surface area contributed by atoms with Crippen LogP contribution in [0.1, 0.15) is 29.5 Å². The van der Waals surface area contributed by atoms with Crippen molar-refractivity contribution in [3.8, 4) is 0 Å². The maximum Gasteiger partial charge on any atom is 0.231 e. The Morgan fingerprint density at radius 1 is 1.37 bits per heavy atom. The number of fused-ring (bicyclic) bond motifs is 1. The fourth-order valence-electron chi connectivity index (χ4n) is 3.48. The van der Waals surface area contributed by atoms with Crippen LogP contribution >= 0.6 is 0 Å². The summed E-state index contributed by atoms with van der Waals surface area (Å²) in [4.78, 5) is 14.3. The Bertz CT molecular complexity index is 504. The minimum absolute atomic E-state index is 0.272. The summed E-state index contributed by atoms with van der Waals surface area (Å²) in [6, 6.07) is 4.35. The summed E-state index contributed by atoms with van der Waals surface area (Å²) in [6.45, 7) is 7.27. The van der Waals surface area contributed by atoms with Crippen LogP contribution in [0.25, 0.3) is 0 Å². The van der Waals surface area contributed by atoms with Crippen LogP contribution in [0.4, 0.5) is 5.69 Å². The second kappa shape index (κ2) is 4.97. The number of nitrogens with one attached hydrogen (secondary N) is 1. The molecular weight excluding hydrogens is 236 g/mol. The van der Waals surface area contributed by atoms with E-state index in [9.17, 15) is 4.79 Å². The van der Waals surface area contributed by atoms with E-state index >= 15 is 0 Å². The zero-order valence-electron chi connectivity index (χ0n) is 11.8. The Morgan fingerprint density at radius 3 is 2.95 bits per heavy atom. The predicted octanol–water partition coefficient (Wildman–Crippen LogP) is 2.19. The van der Waals surface area contributed by atoms with E-state index in [4.69, 9.17) is 0 Å². The molecule has 3 heteroatoms. The van der Waals surface area contributed by atoms with Gasteiger partial charge in [-0.15, -0.1) is 0 Å². The fourth-order valence-corrected chi connectivity index (χ4v) is 3.48. The molecule has 1 amide bonds. The Kier molecular flexibility index (Phi) is 3.31. The van der Waals surface area contributed by atoms with E-state index in [1.807, 2.05) is 4.90 Å². The van der Waals surface area contributed by atoms with E-state index in [-0.39, 0.29) is 5.91 Å². The van der Waals surface area contributed by atoms with Crippen LogP contribution in [0.5, 0.6) is 0 Å². The van der Waals surface area contributed by atoms with E-state index in [0.29, 0.717) is 12.3 Å². The molecule has 0 saturated carbocycles. The summed E-state index contributed by atoms with van der Waals surface area (Å²) in [7, 11) is 0.